The predicted molar refractivity (Wildman–Crippen MR) is 139 cm³/mol. The number of amides is 1. The van der Waals surface area contributed by atoms with Crippen LogP contribution >= 0.6 is 11.6 Å². The number of aliphatic hydroxyl groups is 1. The lowest BCUT2D eigenvalue weighted by Crippen LogP contribution is -2.58. The molecule has 0 bridgehead atoms. The van der Waals surface area contributed by atoms with Crippen molar-refractivity contribution in [3.63, 3.8) is 0 Å². The minimum absolute atomic E-state index is 0.0749. The quantitative estimate of drug-likeness (QED) is 0.524. The SMILES string of the molecule is C=CC(=O)N1CC(C)N(c2nc(=O)n(CC(C)(C)O)c3nc(-c4ccccc4F)c(Cl)cc23)CC1C. The molecule has 1 amide bonds. The fourth-order valence-electron chi connectivity index (χ4n) is 4.59. The van der Waals surface area contributed by atoms with Crippen molar-refractivity contribution < 1.29 is 14.3 Å². The van der Waals surface area contributed by atoms with Gasteiger partial charge in [0.25, 0.3) is 0 Å². The van der Waals surface area contributed by atoms with Crippen LogP contribution in [0.2, 0.25) is 5.02 Å². The van der Waals surface area contributed by atoms with E-state index in [1.807, 2.05) is 18.7 Å². The molecule has 3 aromatic rings. The van der Waals surface area contributed by atoms with Gasteiger partial charge in [0.15, 0.2) is 0 Å². The standard InChI is InChI=1S/C26H29ClFN5O3/c1-6-21(34)31-12-16(3)32(13-15(31)2)24-18-11-19(27)22(17-9-7-8-10-20(17)28)29-23(18)33(25(35)30-24)14-26(4,5)36/h6-11,15-16,36H,1,12-14H2,2-5H3. The number of pyridine rings is 1. The molecule has 1 saturated heterocycles. The van der Waals surface area contributed by atoms with Crippen LogP contribution < -0.4 is 10.6 Å². The van der Waals surface area contributed by atoms with Gasteiger partial charge in [-0.05, 0) is 52.0 Å². The summed E-state index contributed by atoms with van der Waals surface area (Å²) in [4.78, 5) is 38.3. The van der Waals surface area contributed by atoms with E-state index in [-0.39, 0.29) is 46.5 Å². The van der Waals surface area contributed by atoms with E-state index < -0.39 is 17.1 Å². The number of aromatic nitrogens is 3. The van der Waals surface area contributed by atoms with Crippen molar-refractivity contribution in [3.05, 3.63) is 64.3 Å². The zero-order chi connectivity index (χ0) is 26.4. The van der Waals surface area contributed by atoms with Crippen molar-refractivity contribution in [3.8, 4) is 11.3 Å². The van der Waals surface area contributed by atoms with E-state index in [1.54, 1.807) is 43.0 Å². The lowest BCUT2D eigenvalue weighted by Gasteiger charge is -2.44. The molecule has 1 aliphatic heterocycles. The van der Waals surface area contributed by atoms with E-state index in [0.29, 0.717) is 24.3 Å². The average molecular weight is 514 g/mol. The second kappa shape index (κ2) is 9.63. The van der Waals surface area contributed by atoms with Gasteiger partial charge in [-0.1, -0.05) is 30.3 Å². The van der Waals surface area contributed by atoms with E-state index in [0.717, 1.165) is 0 Å². The first kappa shape index (κ1) is 25.8. The summed E-state index contributed by atoms with van der Waals surface area (Å²) in [5.74, 6) is -0.282. The van der Waals surface area contributed by atoms with Crippen molar-refractivity contribution in [1.29, 1.82) is 0 Å². The van der Waals surface area contributed by atoms with Crippen molar-refractivity contribution >= 4 is 34.4 Å². The summed E-state index contributed by atoms with van der Waals surface area (Å²) in [7, 11) is 0. The van der Waals surface area contributed by atoms with Crippen LogP contribution in [0.5, 0.6) is 0 Å². The third-order valence-electron chi connectivity index (χ3n) is 6.27. The van der Waals surface area contributed by atoms with E-state index in [1.165, 1.54) is 16.7 Å². The normalized spacial score (nSPS) is 18.5. The zero-order valence-electron chi connectivity index (χ0n) is 20.7. The van der Waals surface area contributed by atoms with Crippen LogP contribution in [-0.2, 0) is 11.3 Å². The summed E-state index contributed by atoms with van der Waals surface area (Å²) in [6.07, 6.45) is 1.29. The Morgan fingerprint density at radius 1 is 1.25 bits per heavy atom. The fourth-order valence-corrected chi connectivity index (χ4v) is 4.84. The largest absolute Gasteiger partial charge is 0.389 e. The van der Waals surface area contributed by atoms with E-state index in [4.69, 9.17) is 11.6 Å². The van der Waals surface area contributed by atoms with Crippen LogP contribution in [0, 0.1) is 5.82 Å². The van der Waals surface area contributed by atoms with Gasteiger partial charge in [-0.15, -0.1) is 0 Å². The minimum Gasteiger partial charge on any atom is -0.389 e. The first-order chi connectivity index (χ1) is 16.9. The number of halogens is 2. The third kappa shape index (κ3) is 4.85. The number of anilines is 1. The zero-order valence-corrected chi connectivity index (χ0v) is 21.5. The Kier molecular flexibility index (Phi) is 6.90. The average Bonchev–Trinajstić information content (AvgIpc) is 2.81. The summed E-state index contributed by atoms with van der Waals surface area (Å²) < 4.78 is 15.9. The molecule has 36 heavy (non-hydrogen) atoms. The van der Waals surface area contributed by atoms with Crippen molar-refractivity contribution in [2.45, 2.75) is 51.9 Å². The van der Waals surface area contributed by atoms with Gasteiger partial charge in [0.2, 0.25) is 5.91 Å². The molecular formula is C26H29ClFN5O3. The molecular weight excluding hydrogens is 485 g/mol. The van der Waals surface area contributed by atoms with Crippen LogP contribution in [0.4, 0.5) is 10.2 Å². The van der Waals surface area contributed by atoms with Gasteiger partial charge in [-0.2, -0.15) is 4.98 Å². The molecule has 1 N–H and O–H groups in total. The summed E-state index contributed by atoms with van der Waals surface area (Å²) >= 11 is 6.62. The van der Waals surface area contributed by atoms with Crippen molar-refractivity contribution in [2.75, 3.05) is 18.0 Å². The second-order valence-electron chi connectivity index (χ2n) is 9.83. The smallest absolute Gasteiger partial charge is 0.351 e. The third-order valence-corrected chi connectivity index (χ3v) is 6.56. The van der Waals surface area contributed by atoms with Crippen LogP contribution in [0.15, 0.2) is 47.8 Å². The molecule has 3 heterocycles. The van der Waals surface area contributed by atoms with Crippen LogP contribution in [0.25, 0.3) is 22.3 Å². The molecule has 4 rings (SSSR count). The summed E-state index contributed by atoms with van der Waals surface area (Å²) in [5.41, 5.74) is -1.22. The highest BCUT2D eigenvalue weighted by atomic mass is 35.5. The van der Waals surface area contributed by atoms with Crippen LogP contribution in [-0.4, -0.2) is 61.2 Å². The van der Waals surface area contributed by atoms with E-state index >= 15 is 0 Å². The van der Waals surface area contributed by atoms with Crippen molar-refractivity contribution in [2.24, 2.45) is 0 Å². The Morgan fingerprint density at radius 3 is 2.58 bits per heavy atom. The molecule has 8 nitrogen and oxygen atoms in total. The number of fused-ring (bicyclic) bond motifs is 1. The molecule has 1 fully saturated rings. The Labute approximate surface area is 213 Å². The van der Waals surface area contributed by atoms with Gasteiger partial charge >= 0.3 is 5.69 Å². The maximum Gasteiger partial charge on any atom is 0.351 e. The Hall–Kier alpha value is -3.30. The molecule has 0 spiro atoms. The number of benzene rings is 1. The minimum atomic E-state index is -1.24. The molecule has 0 saturated carbocycles. The molecule has 2 atom stereocenters. The second-order valence-corrected chi connectivity index (χ2v) is 10.2. The van der Waals surface area contributed by atoms with E-state index in [9.17, 15) is 19.1 Å². The number of carbonyl (C=O) groups is 1. The Bertz CT molecular complexity index is 1400. The maximum atomic E-state index is 14.6. The highest BCUT2D eigenvalue weighted by Gasteiger charge is 2.34. The van der Waals surface area contributed by atoms with Gasteiger partial charge in [0, 0.05) is 30.7 Å². The van der Waals surface area contributed by atoms with Crippen LogP contribution in [0.3, 0.4) is 0 Å². The molecule has 1 aliphatic rings. The van der Waals surface area contributed by atoms with Gasteiger partial charge in [0.1, 0.15) is 17.3 Å². The number of nitrogens with zero attached hydrogens (tertiary/aromatic N) is 5. The molecule has 1 aromatic carbocycles. The highest BCUT2D eigenvalue weighted by molar-refractivity contribution is 6.33. The maximum absolute atomic E-state index is 14.6. The van der Waals surface area contributed by atoms with E-state index in [2.05, 4.69) is 16.5 Å². The van der Waals surface area contributed by atoms with Crippen LogP contribution in [0.1, 0.15) is 27.7 Å². The number of rotatable bonds is 5. The first-order valence-electron chi connectivity index (χ1n) is 11.7. The Balaban J connectivity index is 1.94. The molecule has 2 aromatic heterocycles. The van der Waals surface area contributed by atoms with Crippen molar-refractivity contribution in [1.82, 2.24) is 19.4 Å². The summed E-state index contributed by atoms with van der Waals surface area (Å²) in [6, 6.07) is 7.42. The topological polar surface area (TPSA) is 91.6 Å². The summed E-state index contributed by atoms with van der Waals surface area (Å²) in [5, 5.41) is 11.2. The summed E-state index contributed by atoms with van der Waals surface area (Å²) in [6.45, 7) is 11.3. The van der Waals surface area contributed by atoms with Gasteiger partial charge in [-0.25, -0.2) is 14.2 Å². The highest BCUT2D eigenvalue weighted by Crippen LogP contribution is 2.35. The molecule has 190 valence electrons. The Morgan fingerprint density at radius 2 is 1.94 bits per heavy atom. The molecule has 2 unspecified atom stereocenters. The van der Waals surface area contributed by atoms with Gasteiger partial charge < -0.3 is 14.9 Å². The number of piperazine rings is 1. The number of hydrogen-bond acceptors (Lipinski definition) is 6. The number of carbonyl (C=O) groups excluding carboxylic acids is 1. The molecule has 0 radical (unpaired) electrons. The first-order valence-corrected chi connectivity index (χ1v) is 12.1. The molecule has 0 aliphatic carbocycles. The molecule has 10 heteroatoms. The monoisotopic (exact) mass is 513 g/mol. The predicted octanol–water partition coefficient (Wildman–Crippen LogP) is 3.63. The lowest BCUT2D eigenvalue weighted by atomic mass is 10.1. The number of hydrogen-bond donors (Lipinski definition) is 1. The van der Waals surface area contributed by atoms with Gasteiger partial charge in [-0.3, -0.25) is 9.36 Å². The lowest BCUT2D eigenvalue weighted by molar-refractivity contribution is -0.128. The fraction of sp³-hybridized carbons (Fsp3) is 0.385. The van der Waals surface area contributed by atoms with Gasteiger partial charge in [0.05, 0.1) is 28.2 Å².